The quantitative estimate of drug-likeness (QED) is 0.722. The Morgan fingerprint density at radius 1 is 0.952 bits per heavy atom. The third kappa shape index (κ3) is 2.15. The maximum atomic E-state index is 5.44. The van der Waals surface area contributed by atoms with Crippen LogP contribution in [0.25, 0.3) is 17.0 Å². The zero-order valence-electron chi connectivity index (χ0n) is 11.6. The van der Waals surface area contributed by atoms with E-state index in [1.54, 1.807) is 0 Å². The van der Waals surface area contributed by atoms with Gasteiger partial charge in [0.05, 0.1) is 25.1 Å². The van der Waals surface area contributed by atoms with Gasteiger partial charge in [0.25, 0.3) is 0 Å². The van der Waals surface area contributed by atoms with Gasteiger partial charge in [-0.05, 0) is 11.6 Å². The summed E-state index contributed by atoms with van der Waals surface area (Å²) in [5, 5.41) is 0. The maximum absolute atomic E-state index is 5.44. The van der Waals surface area contributed by atoms with Gasteiger partial charge in [-0.1, -0.05) is 30.3 Å². The van der Waals surface area contributed by atoms with Crippen molar-refractivity contribution in [2.75, 3.05) is 31.2 Å². The number of hydrogen-bond donors (Lipinski definition) is 0. The van der Waals surface area contributed by atoms with Crippen molar-refractivity contribution < 1.29 is 4.74 Å². The van der Waals surface area contributed by atoms with Gasteiger partial charge in [-0.2, -0.15) is 0 Å². The van der Waals surface area contributed by atoms with E-state index in [0.717, 1.165) is 49.2 Å². The molecule has 5 heteroatoms. The number of fused-ring (bicyclic) bond motifs is 1. The van der Waals surface area contributed by atoms with Crippen molar-refractivity contribution >= 4 is 11.6 Å². The largest absolute Gasteiger partial charge is 0.378 e. The minimum atomic E-state index is 0.734. The van der Waals surface area contributed by atoms with Crippen molar-refractivity contribution in [3.8, 4) is 11.3 Å². The van der Waals surface area contributed by atoms with E-state index in [4.69, 9.17) is 4.74 Å². The van der Waals surface area contributed by atoms with Gasteiger partial charge in [0.1, 0.15) is 5.82 Å². The Morgan fingerprint density at radius 3 is 2.57 bits per heavy atom. The van der Waals surface area contributed by atoms with E-state index in [0.29, 0.717) is 0 Å². The van der Waals surface area contributed by atoms with E-state index in [1.165, 1.54) is 0 Å². The summed E-state index contributed by atoms with van der Waals surface area (Å²) in [4.78, 5) is 11.1. The molecule has 2 aromatic heterocycles. The highest BCUT2D eigenvalue weighted by atomic mass is 16.5. The molecule has 4 rings (SSSR count). The third-order valence-electron chi connectivity index (χ3n) is 3.79. The topological polar surface area (TPSA) is 42.7 Å². The summed E-state index contributed by atoms with van der Waals surface area (Å²) in [6.07, 6.45) is 3.72. The lowest BCUT2D eigenvalue weighted by atomic mass is 10.1. The van der Waals surface area contributed by atoms with Gasteiger partial charge in [0.15, 0.2) is 0 Å². The summed E-state index contributed by atoms with van der Waals surface area (Å²) in [7, 11) is 0. The smallest absolute Gasteiger partial charge is 0.235 e. The van der Waals surface area contributed by atoms with Crippen molar-refractivity contribution in [3.05, 3.63) is 48.8 Å². The van der Waals surface area contributed by atoms with Gasteiger partial charge in [-0.25, -0.2) is 9.97 Å². The van der Waals surface area contributed by atoms with Crippen molar-refractivity contribution in [2.24, 2.45) is 0 Å². The molecular formula is C16H16N4O. The molecule has 106 valence electrons. The average Bonchev–Trinajstić information content (AvgIpc) is 3.00. The molecule has 0 amide bonds. The lowest BCUT2D eigenvalue weighted by Gasteiger charge is -2.28. The standard InChI is InChI=1S/C16H16N4O/c1-2-4-13(5-3-1)14-6-7-17-16-18-12-15(20(14)16)19-8-10-21-11-9-19/h1-7,12H,8-11H2. The molecular weight excluding hydrogens is 264 g/mol. The van der Waals surface area contributed by atoms with Crippen LogP contribution in [0.15, 0.2) is 48.8 Å². The summed E-state index contributed by atoms with van der Waals surface area (Å²) in [6.45, 7) is 3.29. The molecule has 0 radical (unpaired) electrons. The van der Waals surface area contributed by atoms with Crippen LogP contribution in [0.5, 0.6) is 0 Å². The number of morpholine rings is 1. The van der Waals surface area contributed by atoms with Crippen LogP contribution in [-0.2, 0) is 4.74 Å². The summed E-state index contributed by atoms with van der Waals surface area (Å²) in [6, 6.07) is 12.4. The molecule has 1 saturated heterocycles. The molecule has 1 aromatic carbocycles. The Bertz CT molecular complexity index is 747. The second-order valence-electron chi connectivity index (χ2n) is 5.05. The first-order valence-electron chi connectivity index (χ1n) is 7.14. The number of anilines is 1. The zero-order valence-corrected chi connectivity index (χ0v) is 11.6. The second kappa shape index (κ2) is 5.18. The monoisotopic (exact) mass is 280 g/mol. The van der Waals surface area contributed by atoms with E-state index >= 15 is 0 Å². The summed E-state index contributed by atoms with van der Waals surface area (Å²) >= 11 is 0. The third-order valence-corrected chi connectivity index (χ3v) is 3.79. The predicted octanol–water partition coefficient (Wildman–Crippen LogP) is 2.23. The fraction of sp³-hybridized carbons (Fsp3) is 0.250. The Hall–Kier alpha value is -2.40. The Balaban J connectivity index is 1.89. The van der Waals surface area contributed by atoms with Crippen LogP contribution in [0.1, 0.15) is 0 Å². The summed E-state index contributed by atoms with van der Waals surface area (Å²) < 4.78 is 7.56. The fourth-order valence-corrected chi connectivity index (χ4v) is 2.75. The molecule has 0 bridgehead atoms. The van der Waals surface area contributed by atoms with E-state index in [1.807, 2.05) is 36.7 Å². The lowest BCUT2D eigenvalue weighted by Crippen LogP contribution is -2.37. The molecule has 0 unspecified atom stereocenters. The van der Waals surface area contributed by atoms with Gasteiger partial charge in [-0.3, -0.25) is 4.40 Å². The molecule has 1 aliphatic heterocycles. The number of imidazole rings is 1. The zero-order chi connectivity index (χ0) is 14.1. The highest BCUT2D eigenvalue weighted by molar-refractivity contribution is 5.65. The molecule has 1 aliphatic rings. The molecule has 21 heavy (non-hydrogen) atoms. The van der Waals surface area contributed by atoms with Crippen LogP contribution in [0.4, 0.5) is 5.82 Å². The summed E-state index contributed by atoms with van der Waals surface area (Å²) in [5.41, 5.74) is 2.28. The number of hydrogen-bond acceptors (Lipinski definition) is 4. The van der Waals surface area contributed by atoms with E-state index in [-0.39, 0.29) is 0 Å². The van der Waals surface area contributed by atoms with Crippen molar-refractivity contribution in [1.29, 1.82) is 0 Å². The SMILES string of the molecule is c1ccc(-c2ccnc3ncc(N4CCOCC4)n23)cc1. The van der Waals surface area contributed by atoms with Crippen LogP contribution in [0, 0.1) is 0 Å². The van der Waals surface area contributed by atoms with Crippen LogP contribution >= 0.6 is 0 Å². The molecule has 5 nitrogen and oxygen atoms in total. The number of aromatic nitrogens is 3. The molecule has 0 spiro atoms. The number of rotatable bonds is 2. The van der Waals surface area contributed by atoms with E-state index < -0.39 is 0 Å². The van der Waals surface area contributed by atoms with Crippen molar-refractivity contribution in [1.82, 2.24) is 14.4 Å². The highest BCUT2D eigenvalue weighted by Gasteiger charge is 2.17. The van der Waals surface area contributed by atoms with Gasteiger partial charge in [0.2, 0.25) is 5.78 Å². The van der Waals surface area contributed by atoms with Gasteiger partial charge in [0, 0.05) is 19.3 Å². The Labute approximate surface area is 122 Å². The predicted molar refractivity (Wildman–Crippen MR) is 81.5 cm³/mol. The van der Waals surface area contributed by atoms with Crippen LogP contribution in [0.3, 0.4) is 0 Å². The minimum Gasteiger partial charge on any atom is -0.378 e. The molecule has 3 aromatic rings. The van der Waals surface area contributed by atoms with Crippen LogP contribution < -0.4 is 4.90 Å². The van der Waals surface area contributed by atoms with Gasteiger partial charge in [-0.15, -0.1) is 0 Å². The molecule has 0 aliphatic carbocycles. The normalized spacial score (nSPS) is 15.5. The average molecular weight is 280 g/mol. The molecule has 1 fully saturated rings. The Morgan fingerprint density at radius 2 is 1.76 bits per heavy atom. The lowest BCUT2D eigenvalue weighted by molar-refractivity contribution is 0.122. The van der Waals surface area contributed by atoms with Crippen molar-refractivity contribution in [2.45, 2.75) is 0 Å². The number of nitrogens with zero attached hydrogens (tertiary/aromatic N) is 4. The molecule has 0 N–H and O–H groups in total. The molecule has 0 atom stereocenters. The molecule has 0 saturated carbocycles. The fourth-order valence-electron chi connectivity index (χ4n) is 2.75. The number of ether oxygens (including phenoxy) is 1. The highest BCUT2D eigenvalue weighted by Crippen LogP contribution is 2.25. The van der Waals surface area contributed by atoms with Crippen LogP contribution in [-0.4, -0.2) is 40.7 Å². The second-order valence-corrected chi connectivity index (χ2v) is 5.05. The minimum absolute atomic E-state index is 0.734. The number of benzene rings is 1. The Kier molecular flexibility index (Phi) is 3.05. The molecule has 3 heterocycles. The van der Waals surface area contributed by atoms with Crippen molar-refractivity contribution in [3.63, 3.8) is 0 Å². The van der Waals surface area contributed by atoms with Gasteiger partial charge < -0.3 is 9.64 Å². The first-order valence-corrected chi connectivity index (χ1v) is 7.14. The first-order chi connectivity index (χ1) is 10.4. The van der Waals surface area contributed by atoms with E-state index in [2.05, 4.69) is 31.4 Å². The van der Waals surface area contributed by atoms with E-state index in [9.17, 15) is 0 Å². The first kappa shape index (κ1) is 12.3. The maximum Gasteiger partial charge on any atom is 0.235 e. The van der Waals surface area contributed by atoms with Gasteiger partial charge >= 0.3 is 0 Å². The van der Waals surface area contributed by atoms with Crippen LogP contribution in [0.2, 0.25) is 0 Å². The summed E-state index contributed by atoms with van der Waals surface area (Å²) in [5.74, 6) is 1.82.